The molecule has 0 N–H and O–H groups in total. The molecule has 2 heterocycles. The smallest absolute Gasteiger partial charge is 0.243 e. The van der Waals surface area contributed by atoms with Crippen molar-refractivity contribution in [2.45, 2.75) is 31.7 Å². The molecule has 0 unspecified atom stereocenters. The topological polar surface area (TPSA) is 50.3 Å². The minimum atomic E-state index is -3.54. The number of aromatic nitrogens is 1. The first-order valence-corrected chi connectivity index (χ1v) is 13.4. The first-order valence-electron chi connectivity index (χ1n) is 10.1. The third-order valence-corrected chi connectivity index (χ3v) is 9.44. The number of thiazole rings is 1. The molecule has 0 saturated carbocycles. The van der Waals surface area contributed by atoms with Crippen molar-refractivity contribution in [2.24, 2.45) is 0 Å². The second kappa shape index (κ2) is 7.95. The Morgan fingerprint density at radius 1 is 0.968 bits per heavy atom. The van der Waals surface area contributed by atoms with E-state index in [2.05, 4.69) is 64.0 Å². The molecule has 1 aliphatic rings. The molecule has 0 aliphatic carbocycles. The SMILES string of the molecule is Cc1cc(I)cc(C)c1S(=O)(=O)N1CCc2cc(-c3ccc4ncsc4c3)ccc2C1. The van der Waals surface area contributed by atoms with E-state index in [0.717, 1.165) is 31.3 Å². The highest BCUT2D eigenvalue weighted by molar-refractivity contribution is 14.1. The number of fused-ring (bicyclic) bond motifs is 2. The van der Waals surface area contributed by atoms with E-state index in [1.165, 1.54) is 15.8 Å². The molecule has 5 rings (SSSR count). The molecule has 3 aromatic carbocycles. The molecule has 4 aromatic rings. The molecule has 0 spiro atoms. The molecule has 7 heteroatoms. The molecular weight excluding hydrogens is 539 g/mol. The van der Waals surface area contributed by atoms with Gasteiger partial charge in [-0.15, -0.1) is 11.3 Å². The molecule has 31 heavy (non-hydrogen) atoms. The van der Waals surface area contributed by atoms with E-state index in [1.54, 1.807) is 15.6 Å². The number of nitrogens with zero attached hydrogens (tertiary/aromatic N) is 2. The molecule has 0 saturated heterocycles. The summed E-state index contributed by atoms with van der Waals surface area (Å²) >= 11 is 3.88. The van der Waals surface area contributed by atoms with Gasteiger partial charge in [-0.05, 0) is 101 Å². The maximum atomic E-state index is 13.5. The fourth-order valence-corrected chi connectivity index (χ4v) is 7.86. The summed E-state index contributed by atoms with van der Waals surface area (Å²) in [6, 6.07) is 16.6. The van der Waals surface area contributed by atoms with Crippen LogP contribution in [0, 0.1) is 17.4 Å². The summed E-state index contributed by atoms with van der Waals surface area (Å²) in [4.78, 5) is 4.80. The van der Waals surface area contributed by atoms with Gasteiger partial charge in [0.25, 0.3) is 0 Å². The highest BCUT2D eigenvalue weighted by atomic mass is 127. The molecular formula is C24H21IN2O2S2. The average Bonchev–Trinajstić information content (AvgIpc) is 3.20. The van der Waals surface area contributed by atoms with E-state index in [4.69, 9.17) is 0 Å². The third kappa shape index (κ3) is 3.82. The summed E-state index contributed by atoms with van der Waals surface area (Å²) in [5.41, 5.74) is 9.15. The molecule has 4 nitrogen and oxygen atoms in total. The van der Waals surface area contributed by atoms with E-state index in [-0.39, 0.29) is 0 Å². The van der Waals surface area contributed by atoms with Gasteiger partial charge in [-0.25, -0.2) is 13.4 Å². The lowest BCUT2D eigenvalue weighted by Crippen LogP contribution is -2.36. The summed E-state index contributed by atoms with van der Waals surface area (Å²) in [7, 11) is -3.54. The standard InChI is InChI=1S/C24H21IN2O2S2/c1-15-9-21(25)10-16(2)24(15)31(28,29)27-8-7-19-11-17(3-4-20(19)13-27)18-5-6-22-23(12-18)30-14-26-22/h3-6,9-12,14H,7-8,13H2,1-2H3. The van der Waals surface area contributed by atoms with E-state index < -0.39 is 10.0 Å². The molecule has 0 amide bonds. The van der Waals surface area contributed by atoms with Crippen molar-refractivity contribution in [2.75, 3.05) is 6.54 Å². The van der Waals surface area contributed by atoms with Crippen LogP contribution >= 0.6 is 33.9 Å². The number of hydrogen-bond donors (Lipinski definition) is 0. The van der Waals surface area contributed by atoms with Gasteiger partial charge in [0.1, 0.15) is 0 Å². The molecule has 0 bridgehead atoms. The largest absolute Gasteiger partial charge is 0.245 e. The fraction of sp³-hybridized carbons (Fsp3) is 0.208. The van der Waals surface area contributed by atoms with Gasteiger partial charge in [0.05, 0.1) is 20.6 Å². The lowest BCUT2D eigenvalue weighted by Gasteiger charge is -2.29. The summed E-state index contributed by atoms with van der Waals surface area (Å²) in [6.07, 6.45) is 0.716. The molecule has 0 radical (unpaired) electrons. The summed E-state index contributed by atoms with van der Waals surface area (Å²) in [5.74, 6) is 0. The Labute approximate surface area is 200 Å². The zero-order valence-corrected chi connectivity index (χ0v) is 21.0. The van der Waals surface area contributed by atoms with Crippen LogP contribution in [0.3, 0.4) is 0 Å². The van der Waals surface area contributed by atoms with Crippen molar-refractivity contribution in [3.8, 4) is 11.1 Å². The van der Waals surface area contributed by atoms with Crippen molar-refractivity contribution in [3.05, 3.63) is 79.9 Å². The monoisotopic (exact) mass is 560 g/mol. The number of benzene rings is 3. The summed E-state index contributed by atoms with van der Waals surface area (Å²) in [5, 5.41) is 0. The molecule has 1 aliphatic heterocycles. The van der Waals surface area contributed by atoms with E-state index in [0.29, 0.717) is 24.4 Å². The highest BCUT2D eigenvalue weighted by Crippen LogP contribution is 2.33. The van der Waals surface area contributed by atoms with Crippen molar-refractivity contribution in [1.29, 1.82) is 0 Å². The van der Waals surface area contributed by atoms with Gasteiger partial charge in [-0.1, -0.05) is 24.3 Å². The van der Waals surface area contributed by atoms with Crippen LogP contribution in [0.5, 0.6) is 0 Å². The minimum absolute atomic E-state index is 0.413. The van der Waals surface area contributed by atoms with Crippen LogP contribution in [-0.2, 0) is 23.0 Å². The number of rotatable bonds is 3. The van der Waals surface area contributed by atoms with Gasteiger partial charge in [0, 0.05) is 16.7 Å². The molecule has 0 fully saturated rings. The Hall–Kier alpha value is -1.81. The number of sulfonamides is 1. The Morgan fingerprint density at radius 3 is 2.45 bits per heavy atom. The van der Waals surface area contributed by atoms with Crippen molar-refractivity contribution in [1.82, 2.24) is 9.29 Å². The number of hydrogen-bond acceptors (Lipinski definition) is 4. The van der Waals surface area contributed by atoms with E-state index in [9.17, 15) is 8.42 Å². The predicted molar refractivity (Wildman–Crippen MR) is 135 cm³/mol. The number of halogens is 1. The van der Waals surface area contributed by atoms with E-state index >= 15 is 0 Å². The lowest BCUT2D eigenvalue weighted by atomic mass is 9.95. The van der Waals surface area contributed by atoms with Crippen LogP contribution in [0.4, 0.5) is 0 Å². The first kappa shape index (κ1) is 21.1. The third-order valence-electron chi connectivity index (χ3n) is 5.87. The van der Waals surface area contributed by atoms with Gasteiger partial charge in [0.15, 0.2) is 0 Å². The van der Waals surface area contributed by atoms with Crippen LogP contribution < -0.4 is 0 Å². The van der Waals surface area contributed by atoms with Crippen LogP contribution in [0.25, 0.3) is 21.3 Å². The Kier molecular flexibility index (Phi) is 5.40. The van der Waals surface area contributed by atoms with Gasteiger partial charge >= 0.3 is 0 Å². The predicted octanol–water partition coefficient (Wildman–Crippen LogP) is 5.93. The van der Waals surface area contributed by atoms with Crippen molar-refractivity contribution in [3.63, 3.8) is 0 Å². The first-order chi connectivity index (χ1) is 14.8. The average molecular weight is 560 g/mol. The van der Waals surface area contributed by atoms with Gasteiger partial charge in [0.2, 0.25) is 10.0 Å². The van der Waals surface area contributed by atoms with Crippen LogP contribution in [0.15, 0.2) is 58.9 Å². The minimum Gasteiger partial charge on any atom is -0.245 e. The van der Waals surface area contributed by atoms with Crippen molar-refractivity contribution < 1.29 is 8.42 Å². The normalized spacial score (nSPS) is 14.7. The Bertz CT molecular complexity index is 1400. The fourth-order valence-electron chi connectivity index (χ4n) is 4.38. The van der Waals surface area contributed by atoms with Gasteiger partial charge in [-0.2, -0.15) is 4.31 Å². The molecule has 1 aromatic heterocycles. The van der Waals surface area contributed by atoms with Crippen LogP contribution in [0.2, 0.25) is 0 Å². The second-order valence-corrected chi connectivity index (χ2v) is 12.0. The Morgan fingerprint density at radius 2 is 1.68 bits per heavy atom. The highest BCUT2D eigenvalue weighted by Gasteiger charge is 2.31. The maximum Gasteiger partial charge on any atom is 0.243 e. The Balaban J connectivity index is 1.46. The summed E-state index contributed by atoms with van der Waals surface area (Å²) < 4.78 is 30.8. The van der Waals surface area contributed by atoms with Crippen molar-refractivity contribution >= 4 is 54.2 Å². The lowest BCUT2D eigenvalue weighted by molar-refractivity contribution is 0.391. The van der Waals surface area contributed by atoms with Crippen LogP contribution in [-0.4, -0.2) is 24.3 Å². The second-order valence-electron chi connectivity index (χ2n) is 7.98. The summed E-state index contributed by atoms with van der Waals surface area (Å²) in [6.45, 7) is 4.67. The zero-order chi connectivity index (χ0) is 21.8. The molecule has 158 valence electrons. The molecule has 0 atom stereocenters. The van der Waals surface area contributed by atoms with Gasteiger partial charge in [-0.3, -0.25) is 0 Å². The quantitative estimate of drug-likeness (QED) is 0.292. The van der Waals surface area contributed by atoms with Gasteiger partial charge < -0.3 is 0 Å². The van der Waals surface area contributed by atoms with Crippen LogP contribution in [0.1, 0.15) is 22.3 Å². The zero-order valence-electron chi connectivity index (χ0n) is 17.2. The number of aryl methyl sites for hydroxylation is 2. The van der Waals surface area contributed by atoms with E-state index in [1.807, 2.05) is 31.5 Å². The maximum absolute atomic E-state index is 13.5.